The topological polar surface area (TPSA) is 0 Å². The third-order valence-corrected chi connectivity index (χ3v) is 2.63. The Morgan fingerprint density at radius 3 is 1.89 bits per heavy atom. The summed E-state index contributed by atoms with van der Waals surface area (Å²) in [5.41, 5.74) is 0.659. The maximum Gasteiger partial charge on any atom is -0.0354 e. The molecule has 9 heavy (non-hydrogen) atoms. The highest BCUT2D eigenvalue weighted by atomic mass is 14.3. The highest BCUT2D eigenvalue weighted by Crippen LogP contribution is 2.37. The largest absolute Gasteiger partial charge is 0.0625 e. The Kier molecular flexibility index (Phi) is 1.83. The zero-order valence-electron chi connectivity index (χ0n) is 6.91. The smallest absolute Gasteiger partial charge is 0.0354 e. The van der Waals surface area contributed by atoms with Crippen molar-refractivity contribution in [3.63, 3.8) is 0 Å². The number of rotatable bonds is 0. The highest BCUT2D eigenvalue weighted by Gasteiger charge is 2.23. The van der Waals surface area contributed by atoms with Gasteiger partial charge in [-0.15, -0.1) is 0 Å². The molecule has 1 fully saturated rings. The first kappa shape index (κ1) is 7.11. The Bertz CT molecular complexity index is 82.2. The Hall–Kier alpha value is 0. The molecule has 0 unspecified atom stereocenters. The molecule has 0 saturated heterocycles. The Labute approximate surface area is 58.7 Å². The van der Waals surface area contributed by atoms with Crippen LogP contribution in [0.5, 0.6) is 0 Å². The molecule has 1 saturated carbocycles. The maximum absolute atomic E-state index is 2.39. The molecular weight excluding hydrogens is 108 g/mol. The van der Waals surface area contributed by atoms with Gasteiger partial charge in [0.1, 0.15) is 0 Å². The molecule has 0 amide bonds. The van der Waals surface area contributed by atoms with Crippen molar-refractivity contribution < 1.29 is 0 Å². The third kappa shape index (κ3) is 2.00. The Balaban J connectivity index is 2.35. The van der Waals surface area contributed by atoms with Crippen LogP contribution in [0.25, 0.3) is 0 Å². The van der Waals surface area contributed by atoms with Crippen LogP contribution in [0.2, 0.25) is 0 Å². The van der Waals surface area contributed by atoms with E-state index in [0.29, 0.717) is 5.41 Å². The van der Waals surface area contributed by atoms with Gasteiger partial charge in [0.25, 0.3) is 0 Å². The molecule has 0 atom stereocenters. The zero-order valence-corrected chi connectivity index (χ0v) is 6.91. The second-order valence-corrected chi connectivity index (χ2v) is 4.35. The summed E-state index contributed by atoms with van der Waals surface area (Å²) in [5.74, 6) is 0.998. The van der Waals surface area contributed by atoms with Crippen LogP contribution in [0.3, 0.4) is 0 Å². The summed E-state index contributed by atoms with van der Waals surface area (Å²) >= 11 is 0. The van der Waals surface area contributed by atoms with Gasteiger partial charge in [-0.25, -0.2) is 0 Å². The molecule has 0 spiro atoms. The lowest BCUT2D eigenvalue weighted by atomic mass is 9.74. The molecule has 1 aliphatic rings. The summed E-state index contributed by atoms with van der Waals surface area (Å²) in [5, 5.41) is 0. The number of hydrogen-bond donors (Lipinski definition) is 0. The molecule has 0 heterocycles. The van der Waals surface area contributed by atoms with E-state index in [4.69, 9.17) is 0 Å². The van der Waals surface area contributed by atoms with Crippen molar-refractivity contribution in [3.8, 4) is 0 Å². The van der Waals surface area contributed by atoms with E-state index < -0.39 is 0 Å². The van der Waals surface area contributed by atoms with Crippen LogP contribution in [0.4, 0.5) is 0 Å². The first-order chi connectivity index (χ1) is 4.10. The first-order valence-corrected chi connectivity index (χ1v) is 4.10. The van der Waals surface area contributed by atoms with Crippen molar-refractivity contribution in [2.45, 2.75) is 46.5 Å². The van der Waals surface area contributed by atoms with Gasteiger partial charge in [0.15, 0.2) is 0 Å². The minimum Gasteiger partial charge on any atom is -0.0625 e. The molecule has 1 aliphatic carbocycles. The summed E-state index contributed by atoms with van der Waals surface area (Å²) in [6.45, 7) is 7.15. The average molecular weight is 126 g/mol. The van der Waals surface area contributed by atoms with E-state index in [-0.39, 0.29) is 0 Å². The van der Waals surface area contributed by atoms with Crippen LogP contribution >= 0.6 is 0 Å². The molecule has 0 nitrogen and oxygen atoms in total. The van der Waals surface area contributed by atoms with Crippen molar-refractivity contribution in [1.82, 2.24) is 0 Å². The van der Waals surface area contributed by atoms with Crippen LogP contribution in [0.1, 0.15) is 46.5 Å². The van der Waals surface area contributed by atoms with Crippen LogP contribution in [-0.4, -0.2) is 0 Å². The van der Waals surface area contributed by atoms with E-state index in [1.165, 1.54) is 25.7 Å². The molecule has 0 N–H and O–H groups in total. The Morgan fingerprint density at radius 1 is 1.11 bits per heavy atom. The van der Waals surface area contributed by atoms with Gasteiger partial charge in [0.05, 0.1) is 0 Å². The minimum absolute atomic E-state index is 0.659. The zero-order chi connectivity index (χ0) is 6.91. The van der Waals surface area contributed by atoms with Gasteiger partial charge in [-0.3, -0.25) is 0 Å². The highest BCUT2D eigenvalue weighted by molar-refractivity contribution is 4.76. The molecule has 54 valence electrons. The van der Waals surface area contributed by atoms with Crippen LogP contribution in [0, 0.1) is 11.3 Å². The predicted molar refractivity (Wildman–Crippen MR) is 41.4 cm³/mol. The molecule has 1 rings (SSSR count). The second-order valence-electron chi connectivity index (χ2n) is 4.35. The van der Waals surface area contributed by atoms with Gasteiger partial charge in [0.2, 0.25) is 0 Å². The van der Waals surface area contributed by atoms with E-state index in [0.717, 1.165) is 5.92 Å². The molecule has 0 aromatic carbocycles. The predicted octanol–water partition coefficient (Wildman–Crippen LogP) is 3.22. The van der Waals surface area contributed by atoms with Crippen LogP contribution in [0.15, 0.2) is 0 Å². The standard InChI is InChI=1S/C9H18/c1-8-4-6-9(2,3)7-5-8/h8H,4-7H2,1-3H3. The van der Waals surface area contributed by atoms with Crippen molar-refractivity contribution >= 4 is 0 Å². The molecule has 0 aromatic heterocycles. The number of hydrogen-bond acceptors (Lipinski definition) is 0. The second kappa shape index (κ2) is 2.32. The van der Waals surface area contributed by atoms with Crippen molar-refractivity contribution in [3.05, 3.63) is 0 Å². The fraction of sp³-hybridized carbons (Fsp3) is 1.00. The minimum atomic E-state index is 0.659. The average Bonchev–Trinajstić information content (AvgIpc) is 1.78. The fourth-order valence-corrected chi connectivity index (χ4v) is 1.54. The first-order valence-electron chi connectivity index (χ1n) is 4.10. The molecule has 0 radical (unpaired) electrons. The lowest BCUT2D eigenvalue weighted by Crippen LogP contribution is -2.19. The maximum atomic E-state index is 2.39. The summed E-state index contributed by atoms with van der Waals surface area (Å²) in [6, 6.07) is 0. The van der Waals surface area contributed by atoms with Crippen molar-refractivity contribution in [2.24, 2.45) is 11.3 Å². The van der Waals surface area contributed by atoms with Gasteiger partial charge in [0, 0.05) is 0 Å². The molecule has 0 aliphatic heterocycles. The lowest BCUT2D eigenvalue weighted by Gasteiger charge is -2.32. The van der Waals surface area contributed by atoms with Gasteiger partial charge >= 0.3 is 0 Å². The SMILES string of the molecule is CC1CCC(C)(C)CC1. The summed E-state index contributed by atoms with van der Waals surface area (Å²) in [7, 11) is 0. The van der Waals surface area contributed by atoms with Gasteiger partial charge in [-0.1, -0.05) is 33.6 Å². The summed E-state index contributed by atoms with van der Waals surface area (Å²) < 4.78 is 0. The lowest BCUT2D eigenvalue weighted by molar-refractivity contribution is 0.201. The van der Waals surface area contributed by atoms with E-state index in [9.17, 15) is 0 Å². The van der Waals surface area contributed by atoms with Crippen molar-refractivity contribution in [1.29, 1.82) is 0 Å². The van der Waals surface area contributed by atoms with E-state index in [1.807, 2.05) is 0 Å². The normalized spacial score (nSPS) is 28.3. The Morgan fingerprint density at radius 2 is 1.56 bits per heavy atom. The van der Waals surface area contributed by atoms with Crippen molar-refractivity contribution in [2.75, 3.05) is 0 Å². The third-order valence-electron chi connectivity index (χ3n) is 2.63. The molecule has 0 heteroatoms. The fourth-order valence-electron chi connectivity index (χ4n) is 1.54. The van der Waals surface area contributed by atoms with E-state index in [1.54, 1.807) is 0 Å². The van der Waals surface area contributed by atoms with Crippen LogP contribution < -0.4 is 0 Å². The summed E-state index contributed by atoms with van der Waals surface area (Å²) in [6.07, 6.45) is 5.78. The molecule has 0 aromatic rings. The molecule has 0 bridgehead atoms. The quantitative estimate of drug-likeness (QED) is 0.467. The van der Waals surface area contributed by atoms with Crippen LogP contribution in [-0.2, 0) is 0 Å². The van der Waals surface area contributed by atoms with Gasteiger partial charge in [-0.2, -0.15) is 0 Å². The molecular formula is C9H18. The summed E-state index contributed by atoms with van der Waals surface area (Å²) in [4.78, 5) is 0. The van der Waals surface area contributed by atoms with Gasteiger partial charge in [-0.05, 0) is 24.2 Å². The van der Waals surface area contributed by atoms with Gasteiger partial charge < -0.3 is 0 Å². The van der Waals surface area contributed by atoms with E-state index in [2.05, 4.69) is 20.8 Å². The van der Waals surface area contributed by atoms with E-state index >= 15 is 0 Å². The monoisotopic (exact) mass is 126 g/mol.